The maximum absolute atomic E-state index is 14.0. The van der Waals surface area contributed by atoms with Crippen LogP contribution in [0.2, 0.25) is 0 Å². The van der Waals surface area contributed by atoms with E-state index < -0.39 is 41.8 Å². The molecule has 2 amide bonds. The number of halogens is 5. The van der Waals surface area contributed by atoms with Gasteiger partial charge in [-0.15, -0.1) is 0 Å². The van der Waals surface area contributed by atoms with Crippen molar-refractivity contribution in [3.8, 4) is 11.5 Å². The summed E-state index contributed by atoms with van der Waals surface area (Å²) in [5.41, 5.74) is -1.63. The lowest BCUT2D eigenvalue weighted by molar-refractivity contribution is -0.153. The van der Waals surface area contributed by atoms with Crippen LogP contribution in [-0.2, 0) is 11.3 Å². The summed E-state index contributed by atoms with van der Waals surface area (Å²) in [7, 11) is 1.32. The second kappa shape index (κ2) is 10.9. The van der Waals surface area contributed by atoms with Crippen LogP contribution in [0.3, 0.4) is 0 Å². The molecule has 0 radical (unpaired) electrons. The van der Waals surface area contributed by atoms with Gasteiger partial charge in [0.05, 0.1) is 12.7 Å². The summed E-state index contributed by atoms with van der Waals surface area (Å²) in [6, 6.07) is 6.66. The average Bonchev–Trinajstić information content (AvgIpc) is 2.82. The van der Waals surface area contributed by atoms with Gasteiger partial charge in [-0.25, -0.2) is 8.78 Å². The molecule has 0 saturated carbocycles. The monoisotopic (exact) mass is 501 g/mol. The van der Waals surface area contributed by atoms with Crippen molar-refractivity contribution < 1.29 is 41.0 Å². The first-order valence-electron chi connectivity index (χ1n) is 10.7. The van der Waals surface area contributed by atoms with Crippen molar-refractivity contribution in [2.45, 2.75) is 31.1 Å². The molecule has 0 aromatic heterocycles. The van der Waals surface area contributed by atoms with Gasteiger partial charge in [0.15, 0.2) is 6.61 Å². The third-order valence-electron chi connectivity index (χ3n) is 5.52. The van der Waals surface area contributed by atoms with E-state index in [-0.39, 0.29) is 42.0 Å². The van der Waals surface area contributed by atoms with Gasteiger partial charge in [-0.2, -0.15) is 13.2 Å². The van der Waals surface area contributed by atoms with Gasteiger partial charge in [-0.1, -0.05) is 6.07 Å². The van der Waals surface area contributed by atoms with Crippen LogP contribution in [0.1, 0.15) is 28.8 Å². The van der Waals surface area contributed by atoms with E-state index in [4.69, 9.17) is 9.47 Å². The van der Waals surface area contributed by atoms with E-state index >= 15 is 0 Å². The summed E-state index contributed by atoms with van der Waals surface area (Å²) in [6.07, 6.45) is -4.29. The molecule has 3 rings (SSSR count). The first-order chi connectivity index (χ1) is 16.5. The van der Waals surface area contributed by atoms with Gasteiger partial charge < -0.3 is 25.4 Å². The molecule has 12 heteroatoms. The Bertz CT molecular complexity index is 1070. The third kappa shape index (κ3) is 6.81. The zero-order chi connectivity index (χ0) is 25.6. The first-order valence-corrected chi connectivity index (χ1v) is 10.7. The lowest BCUT2D eigenvalue weighted by atomic mass is 9.86. The molecule has 1 aliphatic rings. The van der Waals surface area contributed by atoms with Gasteiger partial charge in [0, 0.05) is 18.2 Å². The molecule has 1 heterocycles. The second-order valence-corrected chi connectivity index (χ2v) is 7.97. The summed E-state index contributed by atoms with van der Waals surface area (Å²) < 4.78 is 75.0. The fraction of sp³-hybridized carbons (Fsp3) is 0.391. The zero-order valence-corrected chi connectivity index (χ0v) is 18.7. The number of piperidine rings is 1. The Balaban J connectivity index is 1.82. The predicted octanol–water partition coefficient (Wildman–Crippen LogP) is 3.08. The summed E-state index contributed by atoms with van der Waals surface area (Å²) in [6.45, 7) is -1.13. The number of nitrogens with one attached hydrogen (secondary N) is 3. The van der Waals surface area contributed by atoms with Crippen LogP contribution in [0.25, 0.3) is 0 Å². The third-order valence-corrected chi connectivity index (χ3v) is 5.52. The highest BCUT2D eigenvalue weighted by molar-refractivity contribution is 6.01. The molecule has 3 N–H and O–H groups in total. The Hall–Kier alpha value is -3.41. The summed E-state index contributed by atoms with van der Waals surface area (Å²) in [4.78, 5) is 26.3. The fourth-order valence-electron chi connectivity index (χ4n) is 3.66. The van der Waals surface area contributed by atoms with Gasteiger partial charge in [0.25, 0.3) is 5.91 Å². The molecule has 1 aliphatic heterocycles. The van der Waals surface area contributed by atoms with E-state index in [9.17, 15) is 31.5 Å². The van der Waals surface area contributed by atoms with Crippen molar-refractivity contribution in [1.82, 2.24) is 16.0 Å². The molecule has 0 atom stereocenters. The van der Waals surface area contributed by atoms with Gasteiger partial charge in [0.2, 0.25) is 5.91 Å². The second-order valence-electron chi connectivity index (χ2n) is 7.97. The number of amides is 2. The van der Waals surface area contributed by atoms with Crippen molar-refractivity contribution in [2.75, 3.05) is 26.8 Å². The van der Waals surface area contributed by atoms with Crippen LogP contribution >= 0.6 is 0 Å². The van der Waals surface area contributed by atoms with Crippen LogP contribution in [0.5, 0.6) is 11.5 Å². The lowest BCUT2D eigenvalue weighted by Gasteiger charge is -2.37. The molecule has 7 nitrogen and oxygen atoms in total. The molecule has 0 unspecified atom stereocenters. The highest BCUT2D eigenvalue weighted by atomic mass is 19.4. The van der Waals surface area contributed by atoms with Crippen LogP contribution in [0.4, 0.5) is 22.0 Å². The van der Waals surface area contributed by atoms with Crippen molar-refractivity contribution in [1.29, 1.82) is 0 Å². The van der Waals surface area contributed by atoms with E-state index in [0.717, 1.165) is 6.07 Å². The van der Waals surface area contributed by atoms with Crippen LogP contribution < -0.4 is 25.4 Å². The highest BCUT2D eigenvalue weighted by Gasteiger charge is 2.41. The standard InChI is InChI=1S/C23H24F5N3O4/c1-34-16-4-5-19(35-13-23(26,27)28)17(11-16)20(32)31-22(6-8-29-9-7-22)21(33)30-12-14-2-3-15(24)10-18(14)25/h2-5,10-11,29H,6-9,12-13H2,1H3,(H,30,33)(H,31,32). The first kappa shape index (κ1) is 26.2. The van der Waals surface area contributed by atoms with Crippen molar-refractivity contribution in [2.24, 2.45) is 0 Å². The normalized spacial score (nSPS) is 15.3. The Kier molecular flexibility index (Phi) is 8.15. The average molecular weight is 501 g/mol. The van der Waals surface area contributed by atoms with E-state index in [1.54, 1.807) is 0 Å². The Morgan fingerprint density at radius 3 is 2.43 bits per heavy atom. The summed E-state index contributed by atoms with van der Waals surface area (Å²) >= 11 is 0. The van der Waals surface area contributed by atoms with E-state index in [1.165, 1.54) is 31.4 Å². The van der Waals surface area contributed by atoms with Gasteiger partial charge >= 0.3 is 6.18 Å². The van der Waals surface area contributed by atoms with E-state index in [0.29, 0.717) is 19.2 Å². The molecule has 0 aliphatic carbocycles. The molecule has 2 aromatic carbocycles. The Morgan fingerprint density at radius 2 is 1.80 bits per heavy atom. The van der Waals surface area contributed by atoms with Crippen LogP contribution in [0, 0.1) is 11.6 Å². The number of alkyl halides is 3. The van der Waals surface area contributed by atoms with E-state index in [2.05, 4.69) is 16.0 Å². The molecular formula is C23H24F5N3O4. The number of carbonyl (C=O) groups is 2. The van der Waals surface area contributed by atoms with Crippen LogP contribution in [-0.4, -0.2) is 50.3 Å². The molecule has 2 aromatic rings. The van der Waals surface area contributed by atoms with Crippen molar-refractivity contribution in [3.63, 3.8) is 0 Å². The number of benzene rings is 2. The van der Waals surface area contributed by atoms with Gasteiger partial charge in [0.1, 0.15) is 28.7 Å². The number of rotatable bonds is 8. The Morgan fingerprint density at radius 1 is 1.09 bits per heavy atom. The highest BCUT2D eigenvalue weighted by Crippen LogP contribution is 2.28. The predicted molar refractivity (Wildman–Crippen MR) is 115 cm³/mol. The minimum absolute atomic E-state index is 0.0470. The number of ether oxygens (including phenoxy) is 2. The SMILES string of the molecule is COc1ccc(OCC(F)(F)F)c(C(=O)NC2(C(=O)NCc3ccc(F)cc3F)CCNCC2)c1. The van der Waals surface area contributed by atoms with Crippen molar-refractivity contribution >= 4 is 11.8 Å². The minimum Gasteiger partial charge on any atom is -0.497 e. The van der Waals surface area contributed by atoms with Gasteiger partial charge in [-0.05, 0) is 50.2 Å². The van der Waals surface area contributed by atoms with Gasteiger partial charge in [-0.3, -0.25) is 9.59 Å². The molecule has 0 bridgehead atoms. The topological polar surface area (TPSA) is 88.7 Å². The maximum atomic E-state index is 14.0. The zero-order valence-electron chi connectivity index (χ0n) is 18.7. The largest absolute Gasteiger partial charge is 0.497 e. The fourth-order valence-corrected chi connectivity index (χ4v) is 3.66. The number of hydrogen-bond acceptors (Lipinski definition) is 5. The maximum Gasteiger partial charge on any atom is 0.422 e. The summed E-state index contributed by atoms with van der Waals surface area (Å²) in [5, 5.41) is 8.26. The molecular weight excluding hydrogens is 477 g/mol. The molecule has 35 heavy (non-hydrogen) atoms. The minimum atomic E-state index is -4.63. The van der Waals surface area contributed by atoms with E-state index in [1.807, 2.05) is 0 Å². The Labute approximate surface area is 198 Å². The van der Waals surface area contributed by atoms with Crippen LogP contribution in [0.15, 0.2) is 36.4 Å². The summed E-state index contributed by atoms with van der Waals surface area (Å²) in [5.74, 6) is -3.19. The number of hydrogen-bond donors (Lipinski definition) is 3. The molecule has 0 spiro atoms. The lowest BCUT2D eigenvalue weighted by Crippen LogP contribution is -2.62. The molecule has 1 saturated heterocycles. The quantitative estimate of drug-likeness (QED) is 0.484. The van der Waals surface area contributed by atoms with Crippen molar-refractivity contribution in [3.05, 3.63) is 59.2 Å². The molecule has 1 fully saturated rings. The molecule has 190 valence electrons. The smallest absolute Gasteiger partial charge is 0.422 e. The number of methoxy groups -OCH3 is 1. The number of carbonyl (C=O) groups excluding carboxylic acids is 2.